The quantitative estimate of drug-likeness (QED) is 0.872. The second kappa shape index (κ2) is 4.91. The molecule has 2 aromatic rings. The Balaban J connectivity index is 2.23. The number of aromatic carboxylic acids is 1. The van der Waals surface area contributed by atoms with Gasteiger partial charge in [0.05, 0.1) is 29.8 Å². The molecule has 1 heterocycles. The van der Waals surface area contributed by atoms with Crippen LogP contribution in [0.4, 0.5) is 10.1 Å². The smallest absolute Gasteiger partial charge is 0.335 e. The average molecular weight is 249 g/mol. The van der Waals surface area contributed by atoms with Crippen LogP contribution < -0.4 is 5.32 Å². The Bertz CT molecular complexity index is 551. The molecule has 0 saturated heterocycles. The second-order valence-corrected chi connectivity index (χ2v) is 3.92. The first-order valence-corrected chi connectivity index (χ1v) is 5.39. The molecule has 2 N–H and O–H groups in total. The number of hydrogen-bond acceptors (Lipinski definition) is 3. The summed E-state index contributed by atoms with van der Waals surface area (Å²) in [7, 11) is 0. The lowest BCUT2D eigenvalue weighted by molar-refractivity contribution is 0.0697. The number of carboxylic acid groups (broad SMARTS) is 1. The first-order chi connectivity index (χ1) is 8.58. The summed E-state index contributed by atoms with van der Waals surface area (Å²) in [5.41, 5.74) is 1.05. The number of anilines is 1. The maximum absolute atomic E-state index is 13.6. The van der Waals surface area contributed by atoms with E-state index in [1.54, 1.807) is 12.3 Å². The summed E-state index contributed by atoms with van der Waals surface area (Å²) in [6.45, 7) is 1.83. The van der Waals surface area contributed by atoms with E-state index in [-0.39, 0.29) is 17.3 Å². The van der Waals surface area contributed by atoms with Crippen molar-refractivity contribution in [2.45, 2.75) is 13.0 Å². The van der Waals surface area contributed by atoms with E-state index in [0.717, 1.165) is 11.6 Å². The molecular formula is C13H12FNO3. The minimum atomic E-state index is -1.09. The third kappa shape index (κ3) is 2.51. The van der Waals surface area contributed by atoms with Gasteiger partial charge >= 0.3 is 5.97 Å². The SMILES string of the molecule is CC(Nc1cc(C(=O)O)ccc1F)c1ccoc1. The van der Waals surface area contributed by atoms with Gasteiger partial charge in [-0.25, -0.2) is 9.18 Å². The third-order valence-corrected chi connectivity index (χ3v) is 2.63. The van der Waals surface area contributed by atoms with Crippen molar-refractivity contribution in [3.05, 3.63) is 53.7 Å². The molecular weight excluding hydrogens is 237 g/mol. The highest BCUT2D eigenvalue weighted by molar-refractivity contribution is 5.88. The summed E-state index contributed by atoms with van der Waals surface area (Å²) in [5.74, 6) is -1.58. The molecule has 0 aliphatic rings. The van der Waals surface area contributed by atoms with E-state index in [1.807, 2.05) is 6.92 Å². The Morgan fingerprint density at radius 3 is 2.83 bits per heavy atom. The summed E-state index contributed by atoms with van der Waals surface area (Å²) in [6.07, 6.45) is 3.08. The minimum absolute atomic E-state index is 0.0401. The molecule has 1 atom stereocenters. The van der Waals surface area contributed by atoms with Gasteiger partial charge in [-0.1, -0.05) is 0 Å². The number of furan rings is 1. The molecule has 4 nitrogen and oxygen atoms in total. The summed E-state index contributed by atoms with van der Waals surface area (Å²) in [4.78, 5) is 10.8. The monoisotopic (exact) mass is 249 g/mol. The van der Waals surface area contributed by atoms with E-state index >= 15 is 0 Å². The van der Waals surface area contributed by atoms with Crippen LogP contribution in [0.15, 0.2) is 41.2 Å². The van der Waals surface area contributed by atoms with Crippen molar-refractivity contribution in [3.63, 3.8) is 0 Å². The molecule has 0 saturated carbocycles. The lowest BCUT2D eigenvalue weighted by atomic mass is 10.1. The first-order valence-electron chi connectivity index (χ1n) is 5.39. The zero-order valence-corrected chi connectivity index (χ0v) is 9.68. The maximum Gasteiger partial charge on any atom is 0.335 e. The molecule has 0 bridgehead atoms. The first kappa shape index (κ1) is 12.2. The van der Waals surface area contributed by atoms with Crippen molar-refractivity contribution in [3.8, 4) is 0 Å². The number of nitrogens with one attached hydrogen (secondary N) is 1. The van der Waals surface area contributed by atoms with Crippen LogP contribution in [0.2, 0.25) is 0 Å². The predicted molar refractivity (Wildman–Crippen MR) is 64.1 cm³/mol. The molecule has 2 rings (SSSR count). The van der Waals surface area contributed by atoms with E-state index in [1.165, 1.54) is 18.4 Å². The zero-order valence-electron chi connectivity index (χ0n) is 9.68. The topological polar surface area (TPSA) is 62.5 Å². The number of carboxylic acids is 1. The van der Waals surface area contributed by atoms with Gasteiger partial charge in [-0.05, 0) is 31.2 Å². The van der Waals surface area contributed by atoms with Crippen molar-refractivity contribution in [1.29, 1.82) is 0 Å². The number of halogens is 1. The summed E-state index contributed by atoms with van der Waals surface area (Å²) < 4.78 is 18.5. The Morgan fingerprint density at radius 1 is 1.44 bits per heavy atom. The number of carbonyl (C=O) groups is 1. The fourth-order valence-electron chi connectivity index (χ4n) is 1.61. The molecule has 0 aliphatic carbocycles. The number of rotatable bonds is 4. The summed E-state index contributed by atoms with van der Waals surface area (Å²) in [5, 5.41) is 11.8. The highest BCUT2D eigenvalue weighted by atomic mass is 19.1. The van der Waals surface area contributed by atoms with Gasteiger partial charge in [-0.15, -0.1) is 0 Å². The zero-order chi connectivity index (χ0) is 13.1. The molecule has 0 spiro atoms. The van der Waals surface area contributed by atoms with Crippen LogP contribution in [0.25, 0.3) is 0 Å². The maximum atomic E-state index is 13.6. The number of benzene rings is 1. The molecule has 94 valence electrons. The Labute approximate surface area is 103 Å². The normalized spacial score (nSPS) is 12.1. The van der Waals surface area contributed by atoms with Crippen LogP contribution in [-0.4, -0.2) is 11.1 Å². The van der Waals surface area contributed by atoms with E-state index in [4.69, 9.17) is 9.52 Å². The predicted octanol–water partition coefficient (Wildman–Crippen LogP) is 3.29. The van der Waals surface area contributed by atoms with E-state index < -0.39 is 11.8 Å². The molecule has 0 aliphatic heterocycles. The van der Waals surface area contributed by atoms with Crippen molar-refractivity contribution in [2.75, 3.05) is 5.32 Å². The van der Waals surface area contributed by atoms with Gasteiger partial charge in [0.2, 0.25) is 0 Å². The van der Waals surface area contributed by atoms with Gasteiger partial charge in [-0.2, -0.15) is 0 Å². The van der Waals surface area contributed by atoms with Gasteiger partial charge in [0, 0.05) is 5.56 Å². The van der Waals surface area contributed by atoms with Gasteiger partial charge < -0.3 is 14.8 Å². The molecule has 0 fully saturated rings. The van der Waals surface area contributed by atoms with E-state index in [2.05, 4.69) is 5.32 Å². The summed E-state index contributed by atoms with van der Waals surface area (Å²) >= 11 is 0. The standard InChI is InChI=1S/C13H12FNO3/c1-8(10-4-5-18-7-10)15-12-6-9(13(16)17)2-3-11(12)14/h2-8,15H,1H3,(H,16,17). The Morgan fingerprint density at radius 2 is 2.22 bits per heavy atom. The molecule has 0 radical (unpaired) electrons. The minimum Gasteiger partial charge on any atom is -0.478 e. The molecule has 18 heavy (non-hydrogen) atoms. The van der Waals surface area contributed by atoms with Crippen LogP contribution in [-0.2, 0) is 0 Å². The molecule has 0 amide bonds. The van der Waals surface area contributed by atoms with E-state index in [0.29, 0.717) is 0 Å². The largest absolute Gasteiger partial charge is 0.478 e. The van der Waals surface area contributed by atoms with Crippen LogP contribution in [0, 0.1) is 5.82 Å². The van der Waals surface area contributed by atoms with Crippen LogP contribution in [0.3, 0.4) is 0 Å². The van der Waals surface area contributed by atoms with Gasteiger partial charge in [0.1, 0.15) is 5.82 Å². The lowest BCUT2D eigenvalue weighted by Crippen LogP contribution is -2.08. The van der Waals surface area contributed by atoms with Crippen molar-refractivity contribution < 1.29 is 18.7 Å². The molecule has 1 aromatic carbocycles. The van der Waals surface area contributed by atoms with E-state index in [9.17, 15) is 9.18 Å². The van der Waals surface area contributed by atoms with Crippen LogP contribution >= 0.6 is 0 Å². The fraction of sp³-hybridized carbons (Fsp3) is 0.154. The summed E-state index contributed by atoms with van der Waals surface area (Å²) in [6, 6.07) is 5.21. The fourth-order valence-corrected chi connectivity index (χ4v) is 1.61. The van der Waals surface area contributed by atoms with Gasteiger partial charge in [-0.3, -0.25) is 0 Å². The second-order valence-electron chi connectivity index (χ2n) is 3.92. The average Bonchev–Trinajstić information content (AvgIpc) is 2.85. The Kier molecular flexibility index (Phi) is 3.32. The van der Waals surface area contributed by atoms with Gasteiger partial charge in [0.25, 0.3) is 0 Å². The molecule has 1 aromatic heterocycles. The highest BCUT2D eigenvalue weighted by Gasteiger charge is 2.12. The molecule has 5 heteroatoms. The van der Waals surface area contributed by atoms with Gasteiger partial charge in [0.15, 0.2) is 0 Å². The highest BCUT2D eigenvalue weighted by Crippen LogP contribution is 2.23. The Hall–Kier alpha value is -2.30. The number of hydrogen-bond donors (Lipinski definition) is 2. The molecule has 1 unspecified atom stereocenters. The lowest BCUT2D eigenvalue weighted by Gasteiger charge is -2.14. The van der Waals surface area contributed by atoms with Crippen molar-refractivity contribution >= 4 is 11.7 Å². The van der Waals surface area contributed by atoms with Crippen molar-refractivity contribution in [1.82, 2.24) is 0 Å². The van der Waals surface area contributed by atoms with Crippen LogP contribution in [0.1, 0.15) is 28.9 Å². The third-order valence-electron chi connectivity index (χ3n) is 2.63. The van der Waals surface area contributed by atoms with Crippen LogP contribution in [0.5, 0.6) is 0 Å². The van der Waals surface area contributed by atoms with Crippen molar-refractivity contribution in [2.24, 2.45) is 0 Å².